The average Bonchev–Trinajstić information content (AvgIpc) is 3.19. The molecule has 1 aromatic carbocycles. The van der Waals surface area contributed by atoms with Crippen LogP contribution in [0.3, 0.4) is 0 Å². The normalized spacial score (nSPS) is 17.3. The van der Waals surface area contributed by atoms with Crippen LogP contribution < -0.4 is 5.32 Å². The molecule has 1 saturated heterocycles. The number of aryl methyl sites for hydroxylation is 1. The van der Waals surface area contributed by atoms with Gasteiger partial charge in [0.05, 0.1) is 18.2 Å². The molecule has 126 valence electrons. The van der Waals surface area contributed by atoms with Crippen molar-refractivity contribution in [2.75, 3.05) is 13.1 Å². The molecule has 1 aliphatic heterocycles. The zero-order chi connectivity index (χ0) is 17.1. The number of carbonyl (C=O) groups excluding carboxylic acids is 2. The molecular weight excluding hydrogens is 322 g/mol. The third-order valence-electron chi connectivity index (χ3n) is 4.23. The van der Waals surface area contributed by atoms with Crippen molar-refractivity contribution in [1.29, 1.82) is 0 Å². The topological polar surface area (TPSA) is 62.3 Å². The Morgan fingerprint density at radius 2 is 2.29 bits per heavy atom. The quantitative estimate of drug-likeness (QED) is 0.908. The minimum atomic E-state index is -0.243. The molecule has 0 spiro atoms. The highest BCUT2D eigenvalue weighted by molar-refractivity contribution is 7.13. The number of amides is 2. The smallest absolute Gasteiger partial charge is 0.225 e. The molecule has 24 heavy (non-hydrogen) atoms. The van der Waals surface area contributed by atoms with Crippen LogP contribution in [0.2, 0.25) is 0 Å². The number of aromatic nitrogens is 1. The molecule has 2 amide bonds. The largest absolute Gasteiger partial charge is 0.350 e. The molecule has 6 heteroatoms. The summed E-state index contributed by atoms with van der Waals surface area (Å²) in [4.78, 5) is 30.3. The van der Waals surface area contributed by atoms with Crippen molar-refractivity contribution in [3.63, 3.8) is 0 Å². The van der Waals surface area contributed by atoms with E-state index in [0.29, 0.717) is 26.1 Å². The van der Waals surface area contributed by atoms with Crippen LogP contribution in [0.4, 0.5) is 0 Å². The van der Waals surface area contributed by atoms with Crippen LogP contribution in [0.5, 0.6) is 0 Å². The van der Waals surface area contributed by atoms with Gasteiger partial charge in [-0.1, -0.05) is 23.8 Å². The highest BCUT2D eigenvalue weighted by Crippen LogP contribution is 2.24. The Morgan fingerprint density at radius 1 is 1.46 bits per heavy atom. The molecule has 2 heterocycles. The van der Waals surface area contributed by atoms with Crippen LogP contribution >= 0.6 is 11.3 Å². The van der Waals surface area contributed by atoms with Gasteiger partial charge in [0.1, 0.15) is 5.01 Å². The standard InChI is InChI=1S/C18H21N3O2S/c1-3-21-10-14(8-16(21)22)17(23)19-9-15-11-24-18(20-15)13-6-4-5-12(2)7-13/h4-7,11,14H,3,8-10H2,1-2H3,(H,19,23). The van der Waals surface area contributed by atoms with E-state index in [0.717, 1.165) is 16.3 Å². The van der Waals surface area contributed by atoms with Crippen molar-refractivity contribution in [3.8, 4) is 10.6 Å². The molecule has 1 atom stereocenters. The van der Waals surface area contributed by atoms with Crippen molar-refractivity contribution in [3.05, 3.63) is 40.9 Å². The summed E-state index contributed by atoms with van der Waals surface area (Å²) in [5, 5.41) is 5.83. The number of rotatable bonds is 5. The molecular formula is C18H21N3O2S. The lowest BCUT2D eigenvalue weighted by Gasteiger charge is -2.13. The summed E-state index contributed by atoms with van der Waals surface area (Å²) in [5.41, 5.74) is 3.14. The zero-order valence-corrected chi connectivity index (χ0v) is 14.7. The number of hydrogen-bond donors (Lipinski definition) is 1. The van der Waals surface area contributed by atoms with Gasteiger partial charge in [0, 0.05) is 30.5 Å². The predicted octanol–water partition coefficient (Wildman–Crippen LogP) is 2.60. The molecule has 5 nitrogen and oxygen atoms in total. The first-order chi connectivity index (χ1) is 11.6. The number of likely N-dealkylation sites (tertiary alicyclic amines) is 1. The number of nitrogens with one attached hydrogen (secondary N) is 1. The Kier molecular flexibility index (Phi) is 4.94. The first-order valence-corrected chi connectivity index (χ1v) is 9.01. The first-order valence-electron chi connectivity index (χ1n) is 8.13. The fraction of sp³-hybridized carbons (Fsp3) is 0.389. The Hall–Kier alpha value is -2.21. The molecule has 3 rings (SSSR count). The van der Waals surface area contributed by atoms with Crippen LogP contribution in [-0.4, -0.2) is 34.8 Å². The molecule has 1 N–H and O–H groups in total. The van der Waals surface area contributed by atoms with E-state index in [1.807, 2.05) is 24.4 Å². The van der Waals surface area contributed by atoms with Crippen LogP contribution in [0.25, 0.3) is 10.6 Å². The third-order valence-corrected chi connectivity index (χ3v) is 5.17. The Balaban J connectivity index is 1.58. The van der Waals surface area contributed by atoms with Crippen molar-refractivity contribution in [2.24, 2.45) is 5.92 Å². The van der Waals surface area contributed by atoms with E-state index in [-0.39, 0.29) is 17.7 Å². The highest BCUT2D eigenvalue weighted by Gasteiger charge is 2.33. The molecule has 0 bridgehead atoms. The first kappa shape index (κ1) is 16.6. The summed E-state index contributed by atoms with van der Waals surface area (Å²) >= 11 is 1.57. The van der Waals surface area contributed by atoms with Crippen LogP contribution in [0.15, 0.2) is 29.6 Å². The van der Waals surface area contributed by atoms with Gasteiger partial charge in [0.25, 0.3) is 0 Å². The minimum absolute atomic E-state index is 0.0630. The second kappa shape index (κ2) is 7.13. The number of hydrogen-bond acceptors (Lipinski definition) is 4. The van der Waals surface area contributed by atoms with Gasteiger partial charge in [-0.15, -0.1) is 11.3 Å². The van der Waals surface area contributed by atoms with E-state index in [9.17, 15) is 9.59 Å². The van der Waals surface area contributed by atoms with Crippen molar-refractivity contribution in [2.45, 2.75) is 26.8 Å². The van der Waals surface area contributed by atoms with Gasteiger partial charge in [0.15, 0.2) is 0 Å². The van der Waals surface area contributed by atoms with Crippen LogP contribution in [0, 0.1) is 12.8 Å². The van der Waals surface area contributed by atoms with Gasteiger partial charge in [-0.05, 0) is 19.9 Å². The molecule has 2 aromatic rings. The summed E-state index contributed by atoms with van der Waals surface area (Å²) in [6.45, 7) is 5.57. The summed E-state index contributed by atoms with van der Waals surface area (Å²) in [5.74, 6) is -0.246. The second-order valence-electron chi connectivity index (χ2n) is 6.06. The number of thiazole rings is 1. The molecule has 0 radical (unpaired) electrons. The van der Waals surface area contributed by atoms with E-state index in [4.69, 9.17) is 0 Å². The molecule has 1 fully saturated rings. The maximum Gasteiger partial charge on any atom is 0.225 e. The molecule has 0 aliphatic carbocycles. The summed E-state index contributed by atoms with van der Waals surface area (Å²) in [6, 6.07) is 8.22. The fourth-order valence-corrected chi connectivity index (χ4v) is 3.69. The molecule has 1 unspecified atom stereocenters. The minimum Gasteiger partial charge on any atom is -0.350 e. The number of carbonyl (C=O) groups is 2. The fourth-order valence-electron chi connectivity index (χ4n) is 2.87. The lowest BCUT2D eigenvalue weighted by molar-refractivity contribution is -0.128. The maximum atomic E-state index is 12.2. The Bertz CT molecular complexity index is 756. The number of benzene rings is 1. The Morgan fingerprint density at radius 3 is 3.00 bits per heavy atom. The van der Waals surface area contributed by atoms with Crippen LogP contribution in [-0.2, 0) is 16.1 Å². The second-order valence-corrected chi connectivity index (χ2v) is 6.92. The third kappa shape index (κ3) is 3.64. The molecule has 1 aliphatic rings. The summed E-state index contributed by atoms with van der Waals surface area (Å²) < 4.78 is 0. The van der Waals surface area contributed by atoms with Gasteiger partial charge in [-0.25, -0.2) is 4.98 Å². The van der Waals surface area contributed by atoms with E-state index in [2.05, 4.69) is 29.4 Å². The maximum absolute atomic E-state index is 12.2. The summed E-state index contributed by atoms with van der Waals surface area (Å²) in [7, 11) is 0. The van der Waals surface area contributed by atoms with Gasteiger partial charge in [-0.2, -0.15) is 0 Å². The average molecular weight is 343 g/mol. The SMILES string of the molecule is CCN1CC(C(=O)NCc2csc(-c3cccc(C)c3)n2)CC1=O. The predicted molar refractivity (Wildman–Crippen MR) is 94.5 cm³/mol. The lowest BCUT2D eigenvalue weighted by Crippen LogP contribution is -2.32. The van der Waals surface area contributed by atoms with E-state index >= 15 is 0 Å². The lowest BCUT2D eigenvalue weighted by atomic mass is 10.1. The van der Waals surface area contributed by atoms with Crippen LogP contribution in [0.1, 0.15) is 24.6 Å². The van der Waals surface area contributed by atoms with Gasteiger partial charge >= 0.3 is 0 Å². The van der Waals surface area contributed by atoms with E-state index in [1.165, 1.54) is 5.56 Å². The zero-order valence-electron chi connectivity index (χ0n) is 13.9. The molecule has 0 saturated carbocycles. The monoisotopic (exact) mass is 343 g/mol. The van der Waals surface area contributed by atoms with Gasteiger partial charge in [-0.3, -0.25) is 9.59 Å². The number of nitrogens with zero attached hydrogens (tertiary/aromatic N) is 2. The Labute approximate surface area is 145 Å². The highest BCUT2D eigenvalue weighted by atomic mass is 32.1. The molecule has 1 aromatic heterocycles. The van der Waals surface area contributed by atoms with Crippen molar-refractivity contribution >= 4 is 23.2 Å². The summed E-state index contributed by atoms with van der Waals surface area (Å²) in [6.07, 6.45) is 0.311. The van der Waals surface area contributed by atoms with Crippen molar-refractivity contribution < 1.29 is 9.59 Å². The van der Waals surface area contributed by atoms with E-state index in [1.54, 1.807) is 16.2 Å². The van der Waals surface area contributed by atoms with E-state index < -0.39 is 0 Å². The van der Waals surface area contributed by atoms with Crippen molar-refractivity contribution in [1.82, 2.24) is 15.2 Å². The van der Waals surface area contributed by atoms with Gasteiger partial charge < -0.3 is 10.2 Å². The van der Waals surface area contributed by atoms with Gasteiger partial charge in [0.2, 0.25) is 11.8 Å².